The number of nitrogens with two attached hydrogens (primary N) is 1. The van der Waals surface area contributed by atoms with Gasteiger partial charge in [-0.05, 0) is 82.6 Å². The first kappa shape index (κ1) is 31.4. The fourth-order valence-electron chi connectivity index (χ4n) is 5.24. The Kier molecular flexibility index (Phi) is 17.1. The van der Waals surface area contributed by atoms with Gasteiger partial charge in [-0.2, -0.15) is 0 Å². The van der Waals surface area contributed by atoms with Gasteiger partial charge in [-0.15, -0.1) is 0 Å². The van der Waals surface area contributed by atoms with Gasteiger partial charge in [0.1, 0.15) is 0 Å². The maximum atomic E-state index is 6.00. The van der Waals surface area contributed by atoms with Crippen molar-refractivity contribution in [3.05, 3.63) is 35.4 Å². The highest BCUT2D eigenvalue weighted by molar-refractivity contribution is 5.22. The van der Waals surface area contributed by atoms with Crippen LogP contribution in [0.3, 0.4) is 0 Å². The van der Waals surface area contributed by atoms with Crippen LogP contribution in [0.4, 0.5) is 0 Å². The molecule has 0 bridgehead atoms. The summed E-state index contributed by atoms with van der Waals surface area (Å²) in [5, 5.41) is 17.9. The Labute approximate surface area is 232 Å². The fourth-order valence-corrected chi connectivity index (χ4v) is 5.24. The lowest BCUT2D eigenvalue weighted by molar-refractivity contribution is 0.222. The number of hydrogen-bond donors (Lipinski definition) is 6. The molecule has 3 rings (SSSR count). The second-order valence-corrected chi connectivity index (χ2v) is 10.8. The second-order valence-electron chi connectivity index (χ2n) is 10.8. The standard InChI is InChI=1S/C29H57N9/c30-27-38-21-4-20-37(23-17-34-11-2-12-35-18-24-38)26-29-7-5-28(6-8-29)25-36-19-3-13-32-15-14-31-9-1-10-33-16-22-36/h5-8,31-35H,1-4,9-27,30H2. The zero-order valence-corrected chi connectivity index (χ0v) is 24.0. The third kappa shape index (κ3) is 14.3. The summed E-state index contributed by atoms with van der Waals surface area (Å²) in [4.78, 5) is 7.59. The third-order valence-corrected chi connectivity index (χ3v) is 7.58. The molecule has 2 aliphatic rings. The summed E-state index contributed by atoms with van der Waals surface area (Å²) < 4.78 is 0. The SMILES string of the molecule is NCN1CCCN(Cc2ccc(CN3CCCNCCNCCCNCC3)cc2)CCNCCCNCC1. The normalized spacial score (nSPS) is 22.9. The fraction of sp³-hybridized carbons (Fsp3) is 0.793. The zero-order valence-electron chi connectivity index (χ0n) is 24.0. The monoisotopic (exact) mass is 531 g/mol. The van der Waals surface area contributed by atoms with Crippen LogP contribution in [-0.2, 0) is 13.1 Å². The molecule has 0 unspecified atom stereocenters. The van der Waals surface area contributed by atoms with E-state index < -0.39 is 0 Å². The Morgan fingerprint density at radius 2 is 0.842 bits per heavy atom. The number of benzene rings is 1. The molecular formula is C29H57N9. The van der Waals surface area contributed by atoms with E-state index in [0.29, 0.717) is 6.67 Å². The van der Waals surface area contributed by atoms with E-state index in [1.54, 1.807) is 0 Å². The van der Waals surface area contributed by atoms with E-state index >= 15 is 0 Å². The van der Waals surface area contributed by atoms with E-state index in [1.807, 2.05) is 0 Å². The molecule has 0 amide bonds. The summed E-state index contributed by atoms with van der Waals surface area (Å²) in [6.45, 7) is 19.9. The Morgan fingerprint density at radius 1 is 0.447 bits per heavy atom. The molecule has 0 aliphatic carbocycles. The smallest absolute Gasteiger partial charge is 0.0455 e. The van der Waals surface area contributed by atoms with E-state index in [2.05, 4.69) is 65.5 Å². The Hall–Kier alpha value is -1.14. The van der Waals surface area contributed by atoms with Crippen LogP contribution >= 0.6 is 0 Å². The van der Waals surface area contributed by atoms with Crippen molar-refractivity contribution in [2.45, 2.75) is 38.8 Å². The summed E-state index contributed by atoms with van der Waals surface area (Å²) in [7, 11) is 0. The number of rotatable bonds is 5. The Balaban J connectivity index is 1.48. The van der Waals surface area contributed by atoms with E-state index in [1.165, 1.54) is 30.4 Å². The molecule has 9 nitrogen and oxygen atoms in total. The summed E-state index contributed by atoms with van der Waals surface area (Å²) >= 11 is 0. The lowest BCUT2D eigenvalue weighted by atomic mass is 10.1. The van der Waals surface area contributed by atoms with Crippen molar-refractivity contribution in [3.63, 3.8) is 0 Å². The van der Waals surface area contributed by atoms with Gasteiger partial charge >= 0.3 is 0 Å². The van der Waals surface area contributed by atoms with Gasteiger partial charge in [0.05, 0.1) is 0 Å². The van der Waals surface area contributed by atoms with Crippen LogP contribution in [0.15, 0.2) is 24.3 Å². The molecule has 0 spiro atoms. The molecular weight excluding hydrogens is 474 g/mol. The predicted molar refractivity (Wildman–Crippen MR) is 160 cm³/mol. The van der Waals surface area contributed by atoms with Crippen LogP contribution in [0.5, 0.6) is 0 Å². The molecule has 1 aromatic rings. The van der Waals surface area contributed by atoms with Crippen LogP contribution in [0.1, 0.15) is 36.8 Å². The first-order chi connectivity index (χ1) is 18.8. The highest BCUT2D eigenvalue weighted by Crippen LogP contribution is 2.11. The van der Waals surface area contributed by atoms with Crippen LogP contribution in [-0.4, -0.2) is 126 Å². The van der Waals surface area contributed by atoms with Crippen LogP contribution < -0.4 is 32.3 Å². The quantitative estimate of drug-likeness (QED) is 0.315. The predicted octanol–water partition coefficient (Wildman–Crippen LogP) is 0.0444. The molecule has 0 radical (unpaired) electrons. The maximum Gasteiger partial charge on any atom is 0.0455 e. The first-order valence-corrected chi connectivity index (χ1v) is 15.3. The molecule has 1 aromatic carbocycles. The third-order valence-electron chi connectivity index (χ3n) is 7.58. The van der Waals surface area contributed by atoms with Gasteiger partial charge in [-0.1, -0.05) is 24.3 Å². The van der Waals surface area contributed by atoms with Crippen LogP contribution in [0, 0.1) is 0 Å². The molecule has 38 heavy (non-hydrogen) atoms. The number of nitrogens with one attached hydrogen (secondary N) is 5. The van der Waals surface area contributed by atoms with Gasteiger partial charge in [0, 0.05) is 78.7 Å². The maximum absolute atomic E-state index is 6.00. The minimum Gasteiger partial charge on any atom is -0.318 e. The van der Waals surface area contributed by atoms with E-state index in [9.17, 15) is 0 Å². The second kappa shape index (κ2) is 20.7. The Bertz CT molecular complexity index is 673. The first-order valence-electron chi connectivity index (χ1n) is 15.3. The molecule has 9 heteroatoms. The minimum atomic E-state index is 0.645. The lowest BCUT2D eigenvalue weighted by Gasteiger charge is -2.26. The highest BCUT2D eigenvalue weighted by atomic mass is 15.2. The largest absolute Gasteiger partial charge is 0.318 e. The highest BCUT2D eigenvalue weighted by Gasteiger charge is 2.11. The molecule has 7 N–H and O–H groups in total. The van der Waals surface area contributed by atoms with Gasteiger partial charge in [0.2, 0.25) is 0 Å². The molecule has 2 fully saturated rings. The average Bonchev–Trinajstić information content (AvgIpc) is 2.93. The summed E-state index contributed by atoms with van der Waals surface area (Å²) in [6, 6.07) is 9.40. The van der Waals surface area contributed by atoms with Crippen molar-refractivity contribution in [1.82, 2.24) is 41.3 Å². The molecule has 218 valence electrons. The van der Waals surface area contributed by atoms with E-state index in [0.717, 1.165) is 124 Å². The van der Waals surface area contributed by atoms with Crippen molar-refractivity contribution < 1.29 is 0 Å². The van der Waals surface area contributed by atoms with Gasteiger partial charge in [-0.25, -0.2) is 0 Å². The van der Waals surface area contributed by atoms with Gasteiger partial charge < -0.3 is 32.3 Å². The molecule has 2 heterocycles. The van der Waals surface area contributed by atoms with Gasteiger partial charge in [0.15, 0.2) is 0 Å². The van der Waals surface area contributed by atoms with Crippen molar-refractivity contribution in [2.75, 3.05) is 111 Å². The van der Waals surface area contributed by atoms with Crippen molar-refractivity contribution in [3.8, 4) is 0 Å². The van der Waals surface area contributed by atoms with Crippen LogP contribution in [0.25, 0.3) is 0 Å². The molecule has 2 aliphatic heterocycles. The van der Waals surface area contributed by atoms with Crippen molar-refractivity contribution >= 4 is 0 Å². The Morgan fingerprint density at radius 3 is 1.34 bits per heavy atom. The van der Waals surface area contributed by atoms with E-state index in [-0.39, 0.29) is 0 Å². The van der Waals surface area contributed by atoms with Gasteiger partial charge in [0.25, 0.3) is 0 Å². The lowest BCUT2D eigenvalue weighted by Crippen LogP contribution is -2.40. The van der Waals surface area contributed by atoms with Crippen molar-refractivity contribution in [2.24, 2.45) is 5.73 Å². The molecule has 0 atom stereocenters. The zero-order chi connectivity index (χ0) is 26.5. The molecule has 0 saturated carbocycles. The number of nitrogens with zero attached hydrogens (tertiary/aromatic N) is 3. The minimum absolute atomic E-state index is 0.645. The van der Waals surface area contributed by atoms with Crippen LogP contribution in [0.2, 0.25) is 0 Å². The molecule has 0 aromatic heterocycles. The summed E-state index contributed by atoms with van der Waals surface area (Å²) in [6.07, 6.45) is 4.71. The van der Waals surface area contributed by atoms with Gasteiger partial charge in [-0.3, -0.25) is 14.7 Å². The topological polar surface area (TPSA) is 95.9 Å². The summed E-state index contributed by atoms with van der Waals surface area (Å²) in [5.74, 6) is 0. The average molecular weight is 532 g/mol. The van der Waals surface area contributed by atoms with Crippen molar-refractivity contribution in [1.29, 1.82) is 0 Å². The van der Waals surface area contributed by atoms with E-state index in [4.69, 9.17) is 5.73 Å². The number of hydrogen-bond acceptors (Lipinski definition) is 9. The summed E-state index contributed by atoms with van der Waals surface area (Å²) in [5.41, 5.74) is 8.83. The molecule has 2 saturated heterocycles.